The number of carbonyl (C=O) groups is 1. The number of aromatic carboxylic acids is 1. The van der Waals surface area contributed by atoms with Gasteiger partial charge in [-0.15, -0.1) is 0 Å². The van der Waals surface area contributed by atoms with Crippen molar-refractivity contribution in [3.05, 3.63) is 63.9 Å². The third-order valence-electron chi connectivity index (χ3n) is 2.88. The van der Waals surface area contributed by atoms with Crippen molar-refractivity contribution in [1.29, 1.82) is 0 Å². The standard InChI is InChI=1S/C15H13ClFNO2/c1-9-4-11(15(19)20)2-3-14(9)18-8-10-5-12(16)7-13(17)6-10/h2-7,18H,8H2,1H3,(H,19,20). The lowest BCUT2D eigenvalue weighted by Gasteiger charge is -2.10. The summed E-state index contributed by atoms with van der Waals surface area (Å²) in [7, 11) is 0. The molecule has 0 atom stereocenters. The van der Waals surface area contributed by atoms with Crippen LogP contribution in [0.15, 0.2) is 36.4 Å². The first-order valence-corrected chi connectivity index (χ1v) is 6.36. The van der Waals surface area contributed by atoms with Gasteiger partial charge < -0.3 is 10.4 Å². The number of nitrogens with one attached hydrogen (secondary N) is 1. The summed E-state index contributed by atoms with van der Waals surface area (Å²) in [5.41, 5.74) is 2.57. The maximum Gasteiger partial charge on any atom is 0.335 e. The molecular formula is C15H13ClFNO2. The Balaban J connectivity index is 2.12. The van der Waals surface area contributed by atoms with Crippen LogP contribution in [0.3, 0.4) is 0 Å². The molecule has 3 nitrogen and oxygen atoms in total. The zero-order chi connectivity index (χ0) is 14.7. The van der Waals surface area contributed by atoms with Gasteiger partial charge in [0.2, 0.25) is 0 Å². The van der Waals surface area contributed by atoms with E-state index in [9.17, 15) is 9.18 Å². The fraction of sp³-hybridized carbons (Fsp3) is 0.133. The van der Waals surface area contributed by atoms with E-state index in [2.05, 4.69) is 5.32 Å². The summed E-state index contributed by atoms with van der Waals surface area (Å²) < 4.78 is 13.2. The van der Waals surface area contributed by atoms with Crippen molar-refractivity contribution in [2.24, 2.45) is 0 Å². The van der Waals surface area contributed by atoms with E-state index >= 15 is 0 Å². The first kappa shape index (κ1) is 14.3. The summed E-state index contributed by atoms with van der Waals surface area (Å²) in [4.78, 5) is 10.8. The molecular weight excluding hydrogens is 281 g/mol. The van der Waals surface area contributed by atoms with Crippen LogP contribution in [-0.4, -0.2) is 11.1 Å². The van der Waals surface area contributed by atoms with Gasteiger partial charge in [0.15, 0.2) is 0 Å². The zero-order valence-corrected chi connectivity index (χ0v) is 11.5. The largest absolute Gasteiger partial charge is 0.478 e. The van der Waals surface area contributed by atoms with Crippen LogP contribution in [0.1, 0.15) is 21.5 Å². The van der Waals surface area contributed by atoms with Gasteiger partial charge >= 0.3 is 5.97 Å². The minimum Gasteiger partial charge on any atom is -0.478 e. The number of halogens is 2. The molecule has 2 N–H and O–H groups in total. The monoisotopic (exact) mass is 293 g/mol. The number of hydrogen-bond donors (Lipinski definition) is 2. The third-order valence-corrected chi connectivity index (χ3v) is 3.10. The van der Waals surface area contributed by atoms with Gasteiger partial charge in [0, 0.05) is 17.3 Å². The Hall–Kier alpha value is -2.07. The van der Waals surface area contributed by atoms with E-state index in [1.807, 2.05) is 6.92 Å². The lowest BCUT2D eigenvalue weighted by molar-refractivity contribution is 0.0697. The number of benzene rings is 2. The Morgan fingerprint density at radius 3 is 2.65 bits per heavy atom. The number of hydrogen-bond acceptors (Lipinski definition) is 2. The lowest BCUT2D eigenvalue weighted by Crippen LogP contribution is -2.03. The molecule has 0 saturated carbocycles. The van der Waals surface area contributed by atoms with E-state index in [0.717, 1.165) is 16.8 Å². The second-order valence-electron chi connectivity index (χ2n) is 4.47. The molecule has 0 aromatic heterocycles. The summed E-state index contributed by atoms with van der Waals surface area (Å²) in [5.74, 6) is -1.34. The Bertz CT molecular complexity index is 638. The molecule has 0 spiro atoms. The molecule has 0 unspecified atom stereocenters. The van der Waals surface area contributed by atoms with Gasteiger partial charge in [0.25, 0.3) is 0 Å². The zero-order valence-electron chi connectivity index (χ0n) is 10.8. The van der Waals surface area contributed by atoms with Crippen molar-refractivity contribution in [3.8, 4) is 0 Å². The number of anilines is 1. The highest BCUT2D eigenvalue weighted by Crippen LogP contribution is 2.19. The van der Waals surface area contributed by atoms with E-state index in [1.165, 1.54) is 18.2 Å². The molecule has 0 aliphatic rings. The lowest BCUT2D eigenvalue weighted by atomic mass is 10.1. The molecule has 0 fully saturated rings. The van der Waals surface area contributed by atoms with Crippen LogP contribution in [0.25, 0.3) is 0 Å². The van der Waals surface area contributed by atoms with Crippen molar-refractivity contribution in [2.45, 2.75) is 13.5 Å². The number of aryl methyl sites for hydroxylation is 1. The van der Waals surface area contributed by atoms with Crippen LogP contribution in [0.4, 0.5) is 10.1 Å². The minimum atomic E-state index is -0.962. The fourth-order valence-corrected chi connectivity index (χ4v) is 2.15. The van der Waals surface area contributed by atoms with Crippen LogP contribution >= 0.6 is 11.6 Å². The Labute approximate surface area is 121 Å². The van der Waals surface area contributed by atoms with Crippen LogP contribution < -0.4 is 5.32 Å². The fourth-order valence-electron chi connectivity index (χ4n) is 1.91. The molecule has 2 aromatic carbocycles. The maximum absolute atomic E-state index is 13.2. The molecule has 5 heteroatoms. The van der Waals surface area contributed by atoms with Crippen molar-refractivity contribution >= 4 is 23.3 Å². The Kier molecular flexibility index (Phi) is 4.25. The van der Waals surface area contributed by atoms with Crippen LogP contribution in [0, 0.1) is 12.7 Å². The smallest absolute Gasteiger partial charge is 0.335 e. The highest BCUT2D eigenvalue weighted by atomic mass is 35.5. The van der Waals surface area contributed by atoms with Gasteiger partial charge in [-0.3, -0.25) is 0 Å². The highest BCUT2D eigenvalue weighted by Gasteiger charge is 2.06. The van der Waals surface area contributed by atoms with Gasteiger partial charge in [-0.1, -0.05) is 11.6 Å². The van der Waals surface area contributed by atoms with E-state index in [0.29, 0.717) is 11.6 Å². The van der Waals surface area contributed by atoms with Crippen molar-refractivity contribution < 1.29 is 14.3 Å². The third kappa shape index (κ3) is 3.48. The average molecular weight is 294 g/mol. The van der Waals surface area contributed by atoms with Crippen LogP contribution in [0.5, 0.6) is 0 Å². The molecule has 0 bridgehead atoms. The van der Waals surface area contributed by atoms with Crippen LogP contribution in [0.2, 0.25) is 5.02 Å². The number of rotatable bonds is 4. The predicted octanol–water partition coefficient (Wildman–Crippen LogP) is 4.10. The Morgan fingerprint density at radius 2 is 2.05 bits per heavy atom. The van der Waals surface area contributed by atoms with Crippen molar-refractivity contribution in [2.75, 3.05) is 5.32 Å². The summed E-state index contributed by atoms with van der Waals surface area (Å²) in [6.45, 7) is 2.22. The Morgan fingerprint density at radius 1 is 1.30 bits per heavy atom. The van der Waals surface area contributed by atoms with Crippen molar-refractivity contribution in [3.63, 3.8) is 0 Å². The van der Waals surface area contributed by atoms with E-state index in [4.69, 9.17) is 16.7 Å². The highest BCUT2D eigenvalue weighted by molar-refractivity contribution is 6.30. The average Bonchev–Trinajstić information content (AvgIpc) is 2.36. The first-order valence-electron chi connectivity index (χ1n) is 5.98. The molecule has 104 valence electrons. The summed E-state index contributed by atoms with van der Waals surface area (Å²) >= 11 is 5.79. The molecule has 0 aliphatic carbocycles. The molecule has 0 aliphatic heterocycles. The summed E-state index contributed by atoms with van der Waals surface area (Å²) in [6, 6.07) is 9.13. The summed E-state index contributed by atoms with van der Waals surface area (Å²) in [6.07, 6.45) is 0. The first-order chi connectivity index (χ1) is 9.45. The number of carboxylic acid groups (broad SMARTS) is 1. The molecule has 0 radical (unpaired) electrons. The summed E-state index contributed by atoms with van der Waals surface area (Å²) in [5, 5.41) is 12.4. The second-order valence-corrected chi connectivity index (χ2v) is 4.90. The molecule has 0 amide bonds. The minimum absolute atomic E-state index is 0.238. The SMILES string of the molecule is Cc1cc(C(=O)O)ccc1NCc1cc(F)cc(Cl)c1. The molecule has 2 aromatic rings. The predicted molar refractivity (Wildman–Crippen MR) is 76.9 cm³/mol. The van der Waals surface area contributed by atoms with Gasteiger partial charge in [-0.25, -0.2) is 9.18 Å². The normalized spacial score (nSPS) is 10.3. The topological polar surface area (TPSA) is 49.3 Å². The van der Waals surface area contributed by atoms with Gasteiger partial charge in [-0.2, -0.15) is 0 Å². The maximum atomic E-state index is 13.2. The van der Waals surface area contributed by atoms with Gasteiger partial charge in [0.1, 0.15) is 5.82 Å². The van der Waals surface area contributed by atoms with E-state index in [-0.39, 0.29) is 11.4 Å². The molecule has 2 rings (SSSR count). The van der Waals surface area contributed by atoms with E-state index in [1.54, 1.807) is 18.2 Å². The van der Waals surface area contributed by atoms with Crippen molar-refractivity contribution in [1.82, 2.24) is 0 Å². The van der Waals surface area contributed by atoms with E-state index < -0.39 is 5.97 Å². The van der Waals surface area contributed by atoms with Crippen LogP contribution in [-0.2, 0) is 6.54 Å². The molecule has 0 saturated heterocycles. The quantitative estimate of drug-likeness (QED) is 0.892. The molecule has 20 heavy (non-hydrogen) atoms. The van der Waals surface area contributed by atoms with Gasteiger partial charge in [-0.05, 0) is 54.4 Å². The van der Waals surface area contributed by atoms with Gasteiger partial charge in [0.05, 0.1) is 5.56 Å². The molecule has 0 heterocycles. The second kappa shape index (κ2) is 5.92. The number of carboxylic acids is 1.